The minimum atomic E-state index is -0.822. The molecule has 0 radical (unpaired) electrons. The van der Waals surface area contributed by atoms with E-state index in [0.717, 1.165) is 89.9 Å². The molecule has 6 nitrogen and oxygen atoms in total. The Bertz CT molecular complexity index is 1340. The third-order valence-electron chi connectivity index (χ3n) is 10.6. The number of rotatable bonds is 45. The Hall–Kier alpha value is -3.93. The van der Waals surface area contributed by atoms with Crippen LogP contribution in [0.25, 0.3) is 0 Å². The first-order chi connectivity index (χ1) is 31.5. The number of ether oxygens (including phenoxy) is 3. The van der Waals surface area contributed by atoms with E-state index < -0.39 is 6.10 Å². The summed E-state index contributed by atoms with van der Waals surface area (Å²) in [6, 6.07) is 0. The molecule has 0 aliphatic heterocycles. The third kappa shape index (κ3) is 49.1. The Kier molecular flexibility index (Phi) is 48.5. The van der Waals surface area contributed by atoms with E-state index in [1.807, 2.05) is 36.5 Å². The topological polar surface area (TPSA) is 78.9 Å². The molecular formula is C58H94O6. The van der Waals surface area contributed by atoms with Crippen LogP contribution in [0.4, 0.5) is 0 Å². The molecule has 0 saturated carbocycles. The average molecular weight is 887 g/mol. The maximum absolute atomic E-state index is 12.8. The first-order valence-corrected chi connectivity index (χ1v) is 25.9. The summed E-state index contributed by atoms with van der Waals surface area (Å²) in [5, 5.41) is 0. The standard InChI is InChI=1S/C58H94O6/c1-4-7-10-13-16-19-22-25-27-29-31-33-36-39-42-45-48-51-57(60)63-54-55(53-62-56(59)50-47-44-41-38-35-32-24-21-18-15-12-9-6-3)64-58(61)52-49-46-43-40-37-34-30-28-26-23-20-17-14-11-8-5-2/h9,12,15-16,18-19,21,24-25,27-28,30-33,35,39,42,55H,4-8,10-11,13-14,17,20,22-23,26,29,34,36-38,40-41,43-54H2,1-3H3/b12-9+,18-15+,19-16+,24-21+,27-25+,30-28+,33-31+,35-32+,42-39+. The Labute approximate surface area is 393 Å². The van der Waals surface area contributed by atoms with Crippen LogP contribution in [-0.2, 0) is 28.6 Å². The lowest BCUT2D eigenvalue weighted by Crippen LogP contribution is -2.30. The van der Waals surface area contributed by atoms with Gasteiger partial charge >= 0.3 is 17.9 Å². The van der Waals surface area contributed by atoms with Gasteiger partial charge in [-0.3, -0.25) is 14.4 Å². The van der Waals surface area contributed by atoms with Crippen molar-refractivity contribution in [3.05, 3.63) is 109 Å². The number of allylic oxidation sites excluding steroid dienone is 18. The van der Waals surface area contributed by atoms with Gasteiger partial charge < -0.3 is 14.2 Å². The molecule has 0 heterocycles. The fourth-order valence-corrected chi connectivity index (χ4v) is 6.67. The van der Waals surface area contributed by atoms with Crippen LogP contribution in [0.3, 0.4) is 0 Å². The van der Waals surface area contributed by atoms with E-state index in [1.54, 1.807) is 0 Å². The highest BCUT2D eigenvalue weighted by atomic mass is 16.6. The molecule has 0 spiro atoms. The van der Waals surface area contributed by atoms with Crippen LogP contribution in [-0.4, -0.2) is 37.2 Å². The van der Waals surface area contributed by atoms with Gasteiger partial charge in [0.15, 0.2) is 6.10 Å². The van der Waals surface area contributed by atoms with E-state index in [0.29, 0.717) is 19.3 Å². The maximum atomic E-state index is 12.8. The number of carbonyl (C=O) groups is 3. The predicted octanol–water partition coefficient (Wildman–Crippen LogP) is 17.1. The minimum Gasteiger partial charge on any atom is -0.462 e. The van der Waals surface area contributed by atoms with Gasteiger partial charge in [0.25, 0.3) is 0 Å². The fraction of sp³-hybridized carbons (Fsp3) is 0.638. The van der Waals surface area contributed by atoms with Gasteiger partial charge in [-0.2, -0.15) is 0 Å². The summed E-state index contributed by atoms with van der Waals surface area (Å²) in [5.74, 6) is -1.03. The highest BCUT2D eigenvalue weighted by Gasteiger charge is 2.19. The van der Waals surface area contributed by atoms with Gasteiger partial charge in [0, 0.05) is 19.3 Å². The largest absolute Gasteiger partial charge is 0.462 e. The first-order valence-electron chi connectivity index (χ1n) is 25.9. The van der Waals surface area contributed by atoms with Gasteiger partial charge in [0.05, 0.1) is 0 Å². The molecule has 0 aromatic carbocycles. The molecule has 0 bridgehead atoms. The summed E-state index contributed by atoms with van der Waals surface area (Å²) in [4.78, 5) is 38.0. The Morgan fingerprint density at radius 1 is 0.344 bits per heavy atom. The average Bonchev–Trinajstić information content (AvgIpc) is 3.29. The van der Waals surface area contributed by atoms with Gasteiger partial charge in [-0.05, 0) is 103 Å². The van der Waals surface area contributed by atoms with Crippen molar-refractivity contribution in [1.29, 1.82) is 0 Å². The number of hydrogen-bond acceptors (Lipinski definition) is 6. The predicted molar refractivity (Wildman–Crippen MR) is 274 cm³/mol. The smallest absolute Gasteiger partial charge is 0.306 e. The van der Waals surface area contributed by atoms with Crippen molar-refractivity contribution in [1.82, 2.24) is 0 Å². The SMILES string of the molecule is CC/C=C/C=C/C=C/C=C/CCCCCC(=O)OCC(COC(=O)CCC/C=C/C/C=C/C/C=C/C/C=C/CCCCC)OC(=O)CCCCCCC/C=C/CCCCCCCCC. The molecule has 0 N–H and O–H groups in total. The molecule has 0 aliphatic rings. The van der Waals surface area contributed by atoms with E-state index in [4.69, 9.17) is 14.2 Å². The van der Waals surface area contributed by atoms with Crippen LogP contribution < -0.4 is 0 Å². The van der Waals surface area contributed by atoms with Crippen LogP contribution in [0.2, 0.25) is 0 Å². The van der Waals surface area contributed by atoms with Crippen molar-refractivity contribution in [2.24, 2.45) is 0 Å². The van der Waals surface area contributed by atoms with E-state index in [9.17, 15) is 14.4 Å². The zero-order valence-electron chi connectivity index (χ0n) is 41.3. The summed E-state index contributed by atoms with van der Waals surface area (Å²) in [6.07, 6.45) is 69.3. The Morgan fingerprint density at radius 3 is 1.22 bits per heavy atom. The molecule has 0 aliphatic carbocycles. The molecule has 0 fully saturated rings. The van der Waals surface area contributed by atoms with E-state index in [1.165, 1.54) is 83.5 Å². The van der Waals surface area contributed by atoms with E-state index >= 15 is 0 Å². The van der Waals surface area contributed by atoms with Crippen LogP contribution >= 0.6 is 0 Å². The molecule has 362 valence electrons. The van der Waals surface area contributed by atoms with E-state index in [-0.39, 0.29) is 37.5 Å². The second kappa shape index (κ2) is 51.7. The molecule has 0 saturated heterocycles. The summed E-state index contributed by atoms with van der Waals surface area (Å²) < 4.78 is 16.7. The molecule has 6 heteroatoms. The Morgan fingerprint density at radius 2 is 0.688 bits per heavy atom. The van der Waals surface area contributed by atoms with Gasteiger partial charge in [-0.15, -0.1) is 0 Å². The zero-order chi connectivity index (χ0) is 46.5. The lowest BCUT2D eigenvalue weighted by atomic mass is 10.1. The quantitative estimate of drug-likeness (QED) is 0.0199. The van der Waals surface area contributed by atoms with Gasteiger partial charge in [0.2, 0.25) is 0 Å². The monoisotopic (exact) mass is 887 g/mol. The van der Waals surface area contributed by atoms with Crippen LogP contribution in [0.1, 0.15) is 220 Å². The van der Waals surface area contributed by atoms with Gasteiger partial charge in [0.1, 0.15) is 13.2 Å². The van der Waals surface area contributed by atoms with Crippen molar-refractivity contribution in [2.45, 2.75) is 226 Å². The number of carbonyl (C=O) groups excluding carboxylic acids is 3. The molecular weight excluding hydrogens is 793 g/mol. The summed E-state index contributed by atoms with van der Waals surface area (Å²) in [7, 11) is 0. The lowest BCUT2D eigenvalue weighted by Gasteiger charge is -2.18. The van der Waals surface area contributed by atoms with Crippen LogP contribution in [0.5, 0.6) is 0 Å². The fourth-order valence-electron chi connectivity index (χ4n) is 6.67. The van der Waals surface area contributed by atoms with Crippen LogP contribution in [0.15, 0.2) is 109 Å². The summed E-state index contributed by atoms with van der Waals surface area (Å²) >= 11 is 0. The molecule has 1 unspecified atom stereocenters. The van der Waals surface area contributed by atoms with Crippen molar-refractivity contribution < 1.29 is 28.6 Å². The van der Waals surface area contributed by atoms with Crippen LogP contribution in [0, 0.1) is 0 Å². The minimum absolute atomic E-state index is 0.121. The normalized spacial score (nSPS) is 13.0. The lowest BCUT2D eigenvalue weighted by molar-refractivity contribution is -0.167. The highest BCUT2D eigenvalue weighted by molar-refractivity contribution is 5.71. The van der Waals surface area contributed by atoms with Crippen molar-refractivity contribution in [3.8, 4) is 0 Å². The third-order valence-corrected chi connectivity index (χ3v) is 10.6. The molecule has 0 amide bonds. The van der Waals surface area contributed by atoms with Crippen molar-refractivity contribution in [3.63, 3.8) is 0 Å². The van der Waals surface area contributed by atoms with Crippen molar-refractivity contribution in [2.75, 3.05) is 13.2 Å². The van der Waals surface area contributed by atoms with Crippen molar-refractivity contribution >= 4 is 17.9 Å². The molecule has 0 aromatic rings. The second-order valence-corrected chi connectivity index (χ2v) is 16.8. The second-order valence-electron chi connectivity index (χ2n) is 16.8. The molecule has 0 aromatic heterocycles. The highest BCUT2D eigenvalue weighted by Crippen LogP contribution is 2.13. The number of esters is 3. The zero-order valence-corrected chi connectivity index (χ0v) is 41.3. The Balaban J connectivity index is 4.55. The summed E-state index contributed by atoms with van der Waals surface area (Å²) in [6.45, 7) is 6.36. The number of hydrogen-bond donors (Lipinski definition) is 0. The first kappa shape index (κ1) is 60.1. The van der Waals surface area contributed by atoms with E-state index in [2.05, 4.69) is 93.7 Å². The summed E-state index contributed by atoms with van der Waals surface area (Å²) in [5.41, 5.74) is 0. The number of unbranched alkanes of at least 4 members (excludes halogenated alkanes) is 19. The molecule has 1 atom stereocenters. The molecule has 0 rings (SSSR count). The molecule has 64 heavy (non-hydrogen) atoms. The van der Waals surface area contributed by atoms with Gasteiger partial charge in [-0.1, -0.05) is 207 Å². The van der Waals surface area contributed by atoms with Gasteiger partial charge in [-0.25, -0.2) is 0 Å². The maximum Gasteiger partial charge on any atom is 0.306 e.